The van der Waals surface area contributed by atoms with Crippen LogP contribution in [0.3, 0.4) is 0 Å². The van der Waals surface area contributed by atoms with Crippen LogP contribution < -0.4 is 10.1 Å². The smallest absolute Gasteiger partial charge is 0.265 e. The van der Waals surface area contributed by atoms with Crippen LogP contribution in [-0.4, -0.2) is 55.2 Å². The molecule has 2 aliphatic rings. The molecule has 0 aliphatic carbocycles. The number of ether oxygens (including phenoxy) is 1. The van der Waals surface area contributed by atoms with Gasteiger partial charge in [0.2, 0.25) is 15.9 Å². The Morgan fingerprint density at radius 2 is 1.82 bits per heavy atom. The van der Waals surface area contributed by atoms with Crippen LogP contribution in [0.2, 0.25) is 0 Å². The molecule has 2 aliphatic heterocycles. The van der Waals surface area contributed by atoms with Crippen molar-refractivity contribution < 1.29 is 22.7 Å². The fraction of sp³-hybridized carbons (Fsp3) is 0.440. The van der Waals surface area contributed by atoms with E-state index in [2.05, 4.69) is 5.32 Å². The quantitative estimate of drug-likeness (QED) is 0.650. The van der Waals surface area contributed by atoms with Gasteiger partial charge in [0.1, 0.15) is 5.75 Å². The molecule has 0 radical (unpaired) electrons. The average Bonchev–Trinajstić information content (AvgIpc) is 2.86. The van der Waals surface area contributed by atoms with Gasteiger partial charge in [-0.1, -0.05) is 37.3 Å². The van der Waals surface area contributed by atoms with Crippen molar-refractivity contribution in [3.63, 3.8) is 0 Å². The van der Waals surface area contributed by atoms with Crippen molar-refractivity contribution >= 4 is 27.5 Å². The van der Waals surface area contributed by atoms with Gasteiger partial charge in [0, 0.05) is 32.1 Å². The molecule has 2 aromatic rings. The Bertz CT molecular complexity index is 1140. The number of hydrogen-bond donors (Lipinski definition) is 1. The minimum Gasteiger partial charge on any atom is -0.478 e. The summed E-state index contributed by atoms with van der Waals surface area (Å²) in [7, 11) is -3.75. The molecular formula is C25H31N3O5S. The predicted molar refractivity (Wildman–Crippen MR) is 129 cm³/mol. The summed E-state index contributed by atoms with van der Waals surface area (Å²) in [4.78, 5) is 27.2. The highest BCUT2D eigenvalue weighted by Crippen LogP contribution is 2.34. The number of carbonyl (C=O) groups is 2. The summed E-state index contributed by atoms with van der Waals surface area (Å²) in [5, 5.41) is 2.74. The second kappa shape index (κ2) is 10.1. The number of anilines is 1. The van der Waals surface area contributed by atoms with Crippen molar-refractivity contribution in [2.75, 3.05) is 25.0 Å². The predicted octanol–water partition coefficient (Wildman–Crippen LogP) is 3.25. The molecule has 0 saturated carbocycles. The van der Waals surface area contributed by atoms with E-state index in [1.165, 1.54) is 16.4 Å². The van der Waals surface area contributed by atoms with Gasteiger partial charge in [-0.25, -0.2) is 8.42 Å². The molecule has 0 aromatic heterocycles. The number of hydrogen-bond acceptors (Lipinski definition) is 5. The number of rotatable bonds is 7. The summed E-state index contributed by atoms with van der Waals surface area (Å²) >= 11 is 0. The monoisotopic (exact) mass is 485 g/mol. The largest absolute Gasteiger partial charge is 0.478 e. The van der Waals surface area contributed by atoms with Crippen LogP contribution in [0, 0.1) is 5.92 Å². The average molecular weight is 486 g/mol. The molecule has 1 N–H and O–H groups in total. The SMILES string of the molecule is CC[C@@H]1Oc2ccc(S(=O)(=O)N3CCC(C(=O)N(CC)Cc4ccccc4)CC3)cc2NC1=O. The van der Waals surface area contributed by atoms with E-state index in [1.54, 1.807) is 6.07 Å². The van der Waals surface area contributed by atoms with Crippen LogP contribution in [0.1, 0.15) is 38.7 Å². The van der Waals surface area contributed by atoms with Gasteiger partial charge < -0.3 is 15.0 Å². The molecule has 2 aromatic carbocycles. The molecule has 1 fully saturated rings. The lowest BCUT2D eigenvalue weighted by Crippen LogP contribution is -2.44. The Labute approximate surface area is 200 Å². The normalized spacial score (nSPS) is 19.1. The fourth-order valence-corrected chi connectivity index (χ4v) is 5.95. The second-order valence-corrected chi connectivity index (χ2v) is 10.6. The van der Waals surface area contributed by atoms with E-state index >= 15 is 0 Å². The molecule has 2 heterocycles. The van der Waals surface area contributed by atoms with Crippen molar-refractivity contribution in [1.82, 2.24) is 9.21 Å². The van der Waals surface area contributed by atoms with Gasteiger partial charge in [0.25, 0.3) is 5.91 Å². The Balaban J connectivity index is 1.41. The summed E-state index contributed by atoms with van der Waals surface area (Å²) in [6.45, 7) is 5.52. The molecule has 8 nitrogen and oxygen atoms in total. The zero-order valence-corrected chi connectivity index (χ0v) is 20.4. The van der Waals surface area contributed by atoms with E-state index in [-0.39, 0.29) is 35.7 Å². The molecule has 0 spiro atoms. The van der Waals surface area contributed by atoms with E-state index in [0.29, 0.717) is 43.8 Å². The third kappa shape index (κ3) is 4.95. The summed E-state index contributed by atoms with van der Waals surface area (Å²) in [6.07, 6.45) is 0.912. The van der Waals surface area contributed by atoms with Gasteiger partial charge in [-0.3, -0.25) is 9.59 Å². The number of nitrogens with zero attached hydrogens (tertiary/aromatic N) is 2. The highest BCUT2D eigenvalue weighted by Gasteiger charge is 2.35. The number of sulfonamides is 1. The van der Waals surface area contributed by atoms with Gasteiger partial charge >= 0.3 is 0 Å². The lowest BCUT2D eigenvalue weighted by molar-refractivity contribution is -0.137. The first-order valence-corrected chi connectivity index (χ1v) is 13.2. The lowest BCUT2D eigenvalue weighted by Gasteiger charge is -2.33. The van der Waals surface area contributed by atoms with Crippen molar-refractivity contribution in [1.29, 1.82) is 0 Å². The summed E-state index contributed by atoms with van der Waals surface area (Å²) in [5.41, 5.74) is 1.44. The first-order chi connectivity index (χ1) is 16.3. The Hall–Kier alpha value is -2.91. The van der Waals surface area contributed by atoms with Crippen molar-refractivity contribution in [3.05, 3.63) is 54.1 Å². The van der Waals surface area contributed by atoms with Crippen LogP contribution in [-0.2, 0) is 26.2 Å². The first kappa shape index (κ1) is 24.2. The second-order valence-electron chi connectivity index (χ2n) is 8.68. The van der Waals surface area contributed by atoms with E-state index in [9.17, 15) is 18.0 Å². The van der Waals surface area contributed by atoms with Gasteiger partial charge in [0.15, 0.2) is 6.10 Å². The van der Waals surface area contributed by atoms with E-state index in [1.807, 2.05) is 49.1 Å². The van der Waals surface area contributed by atoms with Crippen molar-refractivity contribution in [3.8, 4) is 5.75 Å². The van der Waals surface area contributed by atoms with Gasteiger partial charge in [-0.2, -0.15) is 4.31 Å². The van der Waals surface area contributed by atoms with E-state index in [4.69, 9.17) is 4.74 Å². The molecule has 34 heavy (non-hydrogen) atoms. The first-order valence-electron chi connectivity index (χ1n) is 11.8. The molecule has 4 rings (SSSR count). The maximum absolute atomic E-state index is 13.3. The van der Waals surface area contributed by atoms with Crippen LogP contribution in [0.25, 0.3) is 0 Å². The number of fused-ring (bicyclic) bond motifs is 1. The highest BCUT2D eigenvalue weighted by atomic mass is 32.2. The zero-order chi connectivity index (χ0) is 24.3. The number of amides is 2. The van der Waals surface area contributed by atoms with Crippen molar-refractivity contribution in [2.24, 2.45) is 5.92 Å². The number of nitrogens with one attached hydrogen (secondary N) is 1. The molecule has 182 valence electrons. The molecule has 1 saturated heterocycles. The summed E-state index contributed by atoms with van der Waals surface area (Å²) < 4.78 is 33.6. The Morgan fingerprint density at radius 3 is 2.47 bits per heavy atom. The molecule has 2 amide bonds. The Kier molecular flexibility index (Phi) is 7.23. The highest BCUT2D eigenvalue weighted by molar-refractivity contribution is 7.89. The zero-order valence-electron chi connectivity index (χ0n) is 19.6. The number of piperidine rings is 1. The summed E-state index contributed by atoms with van der Waals surface area (Å²) in [6, 6.07) is 14.4. The minimum atomic E-state index is -3.75. The van der Waals surface area contributed by atoms with Gasteiger partial charge in [-0.15, -0.1) is 0 Å². The third-order valence-electron chi connectivity index (χ3n) is 6.49. The summed E-state index contributed by atoms with van der Waals surface area (Å²) in [5.74, 6) is 0.0625. The van der Waals surface area contributed by atoms with E-state index < -0.39 is 16.1 Å². The molecule has 1 atom stereocenters. The molecular weight excluding hydrogens is 454 g/mol. The standard InChI is InChI=1S/C25H31N3O5S/c1-3-22-24(29)26-21-16-20(10-11-23(21)33-22)34(31,32)28-14-12-19(13-15-28)25(30)27(4-2)17-18-8-6-5-7-9-18/h5-11,16,19,22H,3-4,12-15,17H2,1-2H3,(H,26,29)/t22-/m0/s1. The van der Waals surface area contributed by atoms with Gasteiger partial charge in [0.05, 0.1) is 10.6 Å². The van der Waals surface area contributed by atoms with Crippen LogP contribution in [0.15, 0.2) is 53.4 Å². The molecule has 0 unspecified atom stereocenters. The topological polar surface area (TPSA) is 96.0 Å². The number of carbonyl (C=O) groups excluding carboxylic acids is 2. The maximum Gasteiger partial charge on any atom is 0.265 e. The van der Waals surface area contributed by atoms with Crippen LogP contribution in [0.5, 0.6) is 5.75 Å². The van der Waals surface area contributed by atoms with Crippen LogP contribution in [0.4, 0.5) is 5.69 Å². The number of benzene rings is 2. The van der Waals surface area contributed by atoms with Crippen molar-refractivity contribution in [2.45, 2.75) is 50.7 Å². The Morgan fingerprint density at radius 1 is 1.12 bits per heavy atom. The maximum atomic E-state index is 13.3. The third-order valence-corrected chi connectivity index (χ3v) is 8.39. The molecule has 9 heteroatoms. The minimum absolute atomic E-state index is 0.0718. The molecule has 0 bridgehead atoms. The van der Waals surface area contributed by atoms with Crippen LogP contribution >= 0.6 is 0 Å². The lowest BCUT2D eigenvalue weighted by atomic mass is 9.96. The fourth-order valence-electron chi connectivity index (χ4n) is 4.46. The van der Waals surface area contributed by atoms with Gasteiger partial charge in [-0.05, 0) is 49.9 Å². The van der Waals surface area contributed by atoms with E-state index in [0.717, 1.165) is 5.56 Å².